The van der Waals surface area contributed by atoms with Crippen molar-refractivity contribution in [3.8, 4) is 0 Å². The fraction of sp³-hybridized carbons (Fsp3) is 0.455. The second kappa shape index (κ2) is 5.60. The normalized spacial score (nSPS) is 19.9. The largest absolute Gasteiger partial charge is 0.530 e. The number of carboxylic acid groups (broad SMARTS) is 1. The minimum Gasteiger partial charge on any atom is -0.530 e. The summed E-state index contributed by atoms with van der Waals surface area (Å²) in [7, 11) is 0. The van der Waals surface area contributed by atoms with Crippen LogP contribution < -0.4 is 15.7 Å². The third-order valence-electron chi connectivity index (χ3n) is 2.62. The number of ether oxygens (including phenoxy) is 1. The molecule has 6 heteroatoms. The van der Waals surface area contributed by atoms with Gasteiger partial charge in [-0.2, -0.15) is 0 Å². The van der Waals surface area contributed by atoms with Crippen LogP contribution in [-0.4, -0.2) is 36.9 Å². The molecule has 1 aromatic heterocycles. The summed E-state index contributed by atoms with van der Waals surface area (Å²) in [6.07, 6.45) is 1.32. The first-order valence-corrected chi connectivity index (χ1v) is 5.60. The molecule has 3 N–H and O–H groups in total. The summed E-state index contributed by atoms with van der Waals surface area (Å²) >= 11 is 0. The highest BCUT2D eigenvalue weighted by Crippen LogP contribution is 2.08. The quantitative estimate of drug-likeness (QED) is 0.658. The van der Waals surface area contributed by atoms with Crippen molar-refractivity contribution in [2.45, 2.75) is 12.5 Å². The Balaban J connectivity index is 1.90. The maximum atomic E-state index is 10.3. The first-order chi connectivity index (χ1) is 8.24. The van der Waals surface area contributed by atoms with Gasteiger partial charge in [-0.25, -0.2) is 4.98 Å². The number of morpholine rings is 1. The van der Waals surface area contributed by atoms with Crippen molar-refractivity contribution in [2.75, 3.05) is 25.0 Å². The summed E-state index contributed by atoms with van der Waals surface area (Å²) in [5.41, 5.74) is 1.04. The van der Waals surface area contributed by atoms with Gasteiger partial charge in [0.2, 0.25) is 0 Å². The summed E-state index contributed by atoms with van der Waals surface area (Å²) in [5, 5.41) is 14.6. The van der Waals surface area contributed by atoms with Crippen molar-refractivity contribution < 1.29 is 20.0 Å². The molecule has 1 aliphatic heterocycles. The Bertz CT molecular complexity index is 374. The van der Waals surface area contributed by atoms with Gasteiger partial charge >= 0.3 is 0 Å². The number of rotatable bonds is 3. The molecule has 0 spiro atoms. The molecule has 1 aliphatic rings. The van der Waals surface area contributed by atoms with Crippen molar-refractivity contribution in [3.05, 3.63) is 23.9 Å². The molecule has 0 bridgehead atoms. The van der Waals surface area contributed by atoms with Gasteiger partial charge < -0.3 is 25.3 Å². The van der Waals surface area contributed by atoms with E-state index in [1.54, 1.807) is 12.3 Å². The number of hydrogen-bond acceptors (Lipinski definition) is 4. The molecule has 2 rings (SSSR count). The van der Waals surface area contributed by atoms with Crippen molar-refractivity contribution in [2.24, 2.45) is 0 Å². The molecule has 0 saturated carbocycles. The van der Waals surface area contributed by atoms with Crippen molar-refractivity contribution >= 4 is 11.9 Å². The lowest BCUT2D eigenvalue weighted by Crippen LogP contribution is -2.89. The Labute approximate surface area is 99.0 Å². The van der Waals surface area contributed by atoms with Crippen LogP contribution in [0.3, 0.4) is 0 Å². The van der Waals surface area contributed by atoms with Crippen LogP contribution in [-0.2, 0) is 11.2 Å². The average molecular weight is 237 g/mol. The molecular formula is C11H15N3O3. The molecule has 2 heterocycles. The Morgan fingerprint density at radius 1 is 1.65 bits per heavy atom. The lowest BCUT2D eigenvalue weighted by atomic mass is 10.1. The summed E-state index contributed by atoms with van der Waals surface area (Å²) in [6.45, 7) is 2.75. The van der Waals surface area contributed by atoms with E-state index in [1.807, 2.05) is 6.07 Å². The molecule has 1 atom stereocenters. The smallest absolute Gasteiger partial charge is 0.140 e. The number of quaternary nitrogens is 1. The Morgan fingerprint density at radius 3 is 3.12 bits per heavy atom. The average Bonchev–Trinajstić information content (AvgIpc) is 2.32. The zero-order valence-electron chi connectivity index (χ0n) is 9.39. The van der Waals surface area contributed by atoms with Gasteiger partial charge in [0, 0.05) is 12.6 Å². The van der Waals surface area contributed by atoms with Crippen molar-refractivity contribution in [1.29, 1.82) is 0 Å². The molecule has 0 aromatic carbocycles. The predicted octanol–water partition coefficient (Wildman–Crippen LogP) is -1.66. The van der Waals surface area contributed by atoms with Gasteiger partial charge in [-0.1, -0.05) is 6.07 Å². The van der Waals surface area contributed by atoms with E-state index in [1.165, 1.54) is 0 Å². The zero-order chi connectivity index (χ0) is 12.1. The maximum absolute atomic E-state index is 10.3. The fourth-order valence-corrected chi connectivity index (χ4v) is 1.82. The number of nitrogens with one attached hydrogen (secondary N) is 1. The molecule has 17 heavy (non-hydrogen) atoms. The number of pyridine rings is 1. The summed E-state index contributed by atoms with van der Waals surface area (Å²) in [6, 6.07) is 3.47. The standard InChI is InChI=1S/C11H15N3O3/c15-11(16)14-10-2-1-8(6-13-10)5-9-7-12-3-4-17-9/h1-2,6,9,12H,3-5,7H2,(H,13,14)(H,15,16). The lowest BCUT2D eigenvalue weighted by Gasteiger charge is -2.20. The summed E-state index contributed by atoms with van der Waals surface area (Å²) < 4.78 is 5.60. The molecule has 1 amide bonds. The number of aromatic nitrogens is 1. The second-order valence-electron chi connectivity index (χ2n) is 3.97. The summed E-state index contributed by atoms with van der Waals surface area (Å²) in [4.78, 5) is 14.3. The number of carbonyl (C=O) groups is 1. The SMILES string of the molecule is O=C([O-])Nc1ccc(CC2C[NH2+]CCO2)cn1. The van der Waals surface area contributed by atoms with Gasteiger partial charge in [0.25, 0.3) is 0 Å². The minimum absolute atomic E-state index is 0.213. The molecule has 1 fully saturated rings. The van der Waals surface area contributed by atoms with Gasteiger partial charge in [0.1, 0.15) is 24.6 Å². The molecule has 1 saturated heterocycles. The predicted molar refractivity (Wildman–Crippen MR) is 58.4 cm³/mol. The van der Waals surface area contributed by atoms with Gasteiger partial charge in [-0.15, -0.1) is 0 Å². The first-order valence-electron chi connectivity index (χ1n) is 5.60. The number of nitrogens with two attached hydrogens (primary N) is 1. The lowest BCUT2D eigenvalue weighted by molar-refractivity contribution is -0.677. The summed E-state index contributed by atoms with van der Waals surface area (Å²) in [5.74, 6) is 0.282. The van der Waals surface area contributed by atoms with Crippen LogP contribution in [0, 0.1) is 0 Å². The molecule has 1 aromatic rings. The van der Waals surface area contributed by atoms with Crippen molar-refractivity contribution in [1.82, 2.24) is 4.98 Å². The highest BCUT2D eigenvalue weighted by molar-refractivity contribution is 5.79. The maximum Gasteiger partial charge on any atom is 0.140 e. The number of hydrogen-bond donors (Lipinski definition) is 2. The van der Waals surface area contributed by atoms with E-state index in [9.17, 15) is 9.90 Å². The molecule has 1 unspecified atom stereocenters. The first kappa shape index (κ1) is 11.8. The van der Waals surface area contributed by atoms with E-state index >= 15 is 0 Å². The molecule has 0 aliphatic carbocycles. The molecule has 0 radical (unpaired) electrons. The Hall–Kier alpha value is -1.66. The number of nitrogens with zero attached hydrogens (tertiary/aromatic N) is 1. The number of carbonyl (C=O) groups excluding carboxylic acids is 1. The van der Waals surface area contributed by atoms with E-state index in [-0.39, 0.29) is 11.9 Å². The molecule has 92 valence electrons. The number of anilines is 1. The third-order valence-corrected chi connectivity index (χ3v) is 2.62. The Kier molecular flexibility index (Phi) is 3.89. The van der Waals surface area contributed by atoms with Gasteiger partial charge in [-0.3, -0.25) is 0 Å². The van der Waals surface area contributed by atoms with E-state index in [0.29, 0.717) is 0 Å². The fourth-order valence-electron chi connectivity index (χ4n) is 1.82. The highest BCUT2D eigenvalue weighted by Gasteiger charge is 2.16. The van der Waals surface area contributed by atoms with Crippen LogP contribution in [0.15, 0.2) is 18.3 Å². The Morgan fingerprint density at radius 2 is 2.53 bits per heavy atom. The van der Waals surface area contributed by atoms with E-state index in [4.69, 9.17) is 4.74 Å². The molecule has 6 nitrogen and oxygen atoms in total. The van der Waals surface area contributed by atoms with Gasteiger partial charge in [0.05, 0.1) is 13.2 Å². The molecular weight excluding hydrogens is 222 g/mol. The highest BCUT2D eigenvalue weighted by atomic mass is 16.5. The number of amides is 1. The zero-order valence-corrected chi connectivity index (χ0v) is 9.39. The van der Waals surface area contributed by atoms with Crippen LogP contribution in [0.5, 0.6) is 0 Å². The van der Waals surface area contributed by atoms with Crippen LogP contribution in [0.1, 0.15) is 5.56 Å². The van der Waals surface area contributed by atoms with Crippen LogP contribution >= 0.6 is 0 Å². The van der Waals surface area contributed by atoms with Crippen LogP contribution in [0.2, 0.25) is 0 Å². The minimum atomic E-state index is -1.35. The van der Waals surface area contributed by atoms with Crippen LogP contribution in [0.25, 0.3) is 0 Å². The third kappa shape index (κ3) is 3.69. The van der Waals surface area contributed by atoms with E-state index in [2.05, 4.69) is 15.6 Å². The van der Waals surface area contributed by atoms with E-state index in [0.717, 1.165) is 31.7 Å². The van der Waals surface area contributed by atoms with Gasteiger partial charge in [-0.05, 0) is 11.6 Å². The topological polar surface area (TPSA) is 90.9 Å². The van der Waals surface area contributed by atoms with Gasteiger partial charge in [0.15, 0.2) is 0 Å². The van der Waals surface area contributed by atoms with Crippen molar-refractivity contribution in [3.63, 3.8) is 0 Å². The van der Waals surface area contributed by atoms with E-state index < -0.39 is 6.09 Å². The monoisotopic (exact) mass is 237 g/mol. The second-order valence-corrected chi connectivity index (χ2v) is 3.97. The van der Waals surface area contributed by atoms with Crippen LogP contribution in [0.4, 0.5) is 10.6 Å².